The molecule has 0 atom stereocenters. The summed E-state index contributed by atoms with van der Waals surface area (Å²) in [5.41, 5.74) is 1.31. The lowest BCUT2D eigenvalue weighted by Gasteiger charge is -2.13. The highest BCUT2D eigenvalue weighted by Gasteiger charge is 2.17. The van der Waals surface area contributed by atoms with Crippen molar-refractivity contribution in [1.29, 1.82) is 0 Å². The number of carbonyl (C=O) groups excluding carboxylic acids is 1. The second-order valence-corrected chi connectivity index (χ2v) is 4.93. The molecule has 2 radical (unpaired) electrons. The maximum absolute atomic E-state index is 12.5. The summed E-state index contributed by atoms with van der Waals surface area (Å²) in [4.78, 5) is 28.9. The largest absolute Gasteiger partial charge is 0.462 e. The van der Waals surface area contributed by atoms with Crippen LogP contribution in [0.5, 0.6) is 0 Å². The van der Waals surface area contributed by atoms with Crippen molar-refractivity contribution in [1.82, 2.24) is 9.55 Å². The van der Waals surface area contributed by atoms with E-state index in [9.17, 15) is 9.59 Å². The van der Waals surface area contributed by atoms with Gasteiger partial charge in [-0.25, -0.2) is 9.78 Å². The fraction of sp³-hybridized carbons (Fsp3) is 0.118. The monoisotopic (exact) mass is 304 g/mol. The summed E-state index contributed by atoms with van der Waals surface area (Å²) in [5.74, 6) is -0.652. The molecule has 23 heavy (non-hydrogen) atoms. The first-order valence-electron chi connectivity index (χ1n) is 7.15. The summed E-state index contributed by atoms with van der Waals surface area (Å²) in [6.45, 7) is 1.89. The van der Waals surface area contributed by atoms with Crippen molar-refractivity contribution in [3.8, 4) is 5.69 Å². The molecule has 0 bridgehead atoms. The van der Waals surface area contributed by atoms with E-state index in [1.54, 1.807) is 48.0 Å². The van der Waals surface area contributed by atoms with Crippen molar-refractivity contribution in [3.05, 3.63) is 64.6 Å². The topological polar surface area (TPSA) is 61.2 Å². The van der Waals surface area contributed by atoms with E-state index >= 15 is 0 Å². The maximum atomic E-state index is 12.5. The van der Waals surface area contributed by atoms with E-state index in [2.05, 4.69) is 4.98 Å². The second kappa shape index (κ2) is 6.08. The number of benzene rings is 1. The molecule has 2 aromatic heterocycles. The predicted molar refractivity (Wildman–Crippen MR) is 88.7 cm³/mol. The van der Waals surface area contributed by atoms with Crippen molar-refractivity contribution >= 4 is 30.3 Å². The van der Waals surface area contributed by atoms with Crippen LogP contribution in [0.1, 0.15) is 17.3 Å². The molecule has 0 N–H and O–H groups in total. The van der Waals surface area contributed by atoms with Gasteiger partial charge in [0.2, 0.25) is 5.43 Å². The normalized spacial score (nSPS) is 10.7. The third-order valence-electron chi connectivity index (χ3n) is 3.41. The van der Waals surface area contributed by atoms with Gasteiger partial charge in [0.05, 0.1) is 12.0 Å². The van der Waals surface area contributed by atoms with E-state index in [1.165, 1.54) is 6.20 Å². The molecular formula is C17H13BN2O3. The number of rotatable bonds is 3. The SMILES string of the molecule is [B]c1cccc(-n2cc(C(=O)OCC)c(=O)c3cccnc32)c1. The Bertz CT molecular complexity index is 950. The molecule has 3 aromatic rings. The standard InChI is InChI=1S/C17H13BN2O3/c1-2-23-17(22)14-10-20(12-6-3-5-11(18)9-12)16-13(15(14)21)7-4-8-19-16/h3-10H,2H2,1H3. The number of carbonyl (C=O) groups is 1. The smallest absolute Gasteiger partial charge is 0.343 e. The zero-order valence-corrected chi connectivity index (χ0v) is 12.5. The van der Waals surface area contributed by atoms with E-state index in [0.717, 1.165) is 0 Å². The number of pyridine rings is 2. The Hall–Kier alpha value is -2.89. The van der Waals surface area contributed by atoms with E-state index in [-0.39, 0.29) is 12.2 Å². The molecule has 0 amide bonds. The first-order valence-corrected chi connectivity index (χ1v) is 7.15. The van der Waals surface area contributed by atoms with Gasteiger partial charge in [0, 0.05) is 18.1 Å². The van der Waals surface area contributed by atoms with Crippen molar-refractivity contribution in [2.24, 2.45) is 0 Å². The zero-order chi connectivity index (χ0) is 16.4. The van der Waals surface area contributed by atoms with Crippen LogP contribution < -0.4 is 10.9 Å². The van der Waals surface area contributed by atoms with Crippen molar-refractivity contribution in [2.45, 2.75) is 6.92 Å². The molecule has 0 aliphatic carbocycles. The zero-order valence-electron chi connectivity index (χ0n) is 12.5. The van der Waals surface area contributed by atoms with Gasteiger partial charge in [0.15, 0.2) is 0 Å². The number of hydrogen-bond donors (Lipinski definition) is 0. The van der Waals surface area contributed by atoms with Crippen molar-refractivity contribution in [3.63, 3.8) is 0 Å². The summed E-state index contributed by atoms with van der Waals surface area (Å²) in [5, 5.41) is 0.348. The summed E-state index contributed by atoms with van der Waals surface area (Å²) in [7, 11) is 5.83. The number of ether oxygens (including phenoxy) is 1. The fourth-order valence-electron chi connectivity index (χ4n) is 2.39. The Balaban J connectivity index is 2.34. The Labute approximate surface area is 134 Å². The lowest BCUT2D eigenvalue weighted by molar-refractivity contribution is 0.0524. The molecular weight excluding hydrogens is 291 g/mol. The van der Waals surface area contributed by atoms with Crippen LogP contribution in [0.4, 0.5) is 0 Å². The summed E-state index contributed by atoms with van der Waals surface area (Å²) < 4.78 is 6.64. The van der Waals surface area contributed by atoms with Crippen LogP contribution in [0.25, 0.3) is 16.7 Å². The van der Waals surface area contributed by atoms with Gasteiger partial charge in [-0.15, -0.1) is 0 Å². The number of fused-ring (bicyclic) bond motifs is 1. The van der Waals surface area contributed by atoms with Crippen LogP contribution in [0.3, 0.4) is 0 Å². The maximum Gasteiger partial charge on any atom is 0.343 e. The average Bonchev–Trinajstić information content (AvgIpc) is 2.55. The third kappa shape index (κ3) is 2.75. The van der Waals surface area contributed by atoms with Crippen LogP contribution in [-0.4, -0.2) is 30.0 Å². The quantitative estimate of drug-likeness (QED) is 0.541. The summed E-state index contributed by atoms with van der Waals surface area (Å²) >= 11 is 0. The third-order valence-corrected chi connectivity index (χ3v) is 3.41. The van der Waals surface area contributed by atoms with Gasteiger partial charge >= 0.3 is 5.97 Å². The molecule has 0 unspecified atom stereocenters. The van der Waals surface area contributed by atoms with Gasteiger partial charge in [0.25, 0.3) is 0 Å². The highest BCUT2D eigenvalue weighted by Crippen LogP contribution is 2.15. The second-order valence-electron chi connectivity index (χ2n) is 4.93. The Morgan fingerprint density at radius 3 is 2.87 bits per heavy atom. The number of nitrogens with zero attached hydrogens (tertiary/aromatic N) is 2. The molecule has 112 valence electrons. The molecule has 0 aliphatic heterocycles. The van der Waals surface area contributed by atoms with Crippen LogP contribution in [0, 0.1) is 0 Å². The molecule has 0 fully saturated rings. The molecule has 6 heteroatoms. The molecule has 0 saturated carbocycles. The fourth-order valence-corrected chi connectivity index (χ4v) is 2.39. The van der Waals surface area contributed by atoms with Gasteiger partial charge in [0.1, 0.15) is 19.1 Å². The average molecular weight is 304 g/mol. The lowest BCUT2D eigenvalue weighted by Crippen LogP contribution is -2.21. The molecule has 0 aliphatic rings. The van der Waals surface area contributed by atoms with Gasteiger partial charge in [-0.05, 0) is 31.2 Å². The molecule has 0 spiro atoms. The Morgan fingerprint density at radius 1 is 1.30 bits per heavy atom. The minimum absolute atomic E-state index is 0.0326. The highest BCUT2D eigenvalue weighted by atomic mass is 16.5. The predicted octanol–water partition coefficient (Wildman–Crippen LogP) is 1.36. The minimum atomic E-state index is -0.652. The lowest BCUT2D eigenvalue weighted by atomic mass is 9.96. The van der Waals surface area contributed by atoms with E-state index < -0.39 is 11.4 Å². The van der Waals surface area contributed by atoms with Crippen LogP contribution in [0.15, 0.2) is 53.6 Å². The summed E-state index contributed by atoms with van der Waals surface area (Å²) in [6.07, 6.45) is 3.04. The number of hydrogen-bond acceptors (Lipinski definition) is 4. The first kappa shape index (κ1) is 15.0. The van der Waals surface area contributed by atoms with Crippen LogP contribution in [0.2, 0.25) is 0 Å². The van der Waals surface area contributed by atoms with Gasteiger partial charge in [-0.3, -0.25) is 4.79 Å². The Kier molecular flexibility index (Phi) is 3.97. The molecule has 3 rings (SSSR count). The highest BCUT2D eigenvalue weighted by molar-refractivity contribution is 6.32. The molecule has 0 saturated heterocycles. The van der Waals surface area contributed by atoms with Crippen molar-refractivity contribution in [2.75, 3.05) is 6.61 Å². The molecule has 1 aromatic carbocycles. The Morgan fingerprint density at radius 2 is 2.13 bits per heavy atom. The van der Waals surface area contributed by atoms with E-state index in [4.69, 9.17) is 12.6 Å². The number of aromatic nitrogens is 2. The van der Waals surface area contributed by atoms with E-state index in [0.29, 0.717) is 22.2 Å². The first-order chi connectivity index (χ1) is 11.1. The van der Waals surface area contributed by atoms with Crippen LogP contribution >= 0.6 is 0 Å². The minimum Gasteiger partial charge on any atom is -0.462 e. The van der Waals surface area contributed by atoms with Crippen LogP contribution in [-0.2, 0) is 4.74 Å². The van der Waals surface area contributed by atoms with Gasteiger partial charge in [-0.2, -0.15) is 0 Å². The van der Waals surface area contributed by atoms with E-state index in [1.807, 2.05) is 6.07 Å². The van der Waals surface area contributed by atoms with Gasteiger partial charge < -0.3 is 9.30 Å². The number of esters is 1. The van der Waals surface area contributed by atoms with Crippen molar-refractivity contribution < 1.29 is 9.53 Å². The molecule has 2 heterocycles. The van der Waals surface area contributed by atoms with Gasteiger partial charge in [-0.1, -0.05) is 17.6 Å². The molecule has 5 nitrogen and oxygen atoms in total. The summed E-state index contributed by atoms with van der Waals surface area (Å²) in [6, 6.07) is 10.4.